The summed E-state index contributed by atoms with van der Waals surface area (Å²) in [5.74, 6) is -1.41. The van der Waals surface area contributed by atoms with Crippen LogP contribution < -0.4 is 15.5 Å². The fraction of sp³-hybridized carbons (Fsp3) is 0.286. The number of anilines is 3. The van der Waals surface area contributed by atoms with Gasteiger partial charge in [0.1, 0.15) is 0 Å². The molecule has 0 atom stereocenters. The van der Waals surface area contributed by atoms with Gasteiger partial charge in [-0.05, 0) is 62.1 Å². The van der Waals surface area contributed by atoms with E-state index >= 15 is 0 Å². The van der Waals surface area contributed by atoms with Crippen molar-refractivity contribution >= 4 is 34.8 Å². The van der Waals surface area contributed by atoms with Crippen molar-refractivity contribution in [3.8, 4) is 0 Å². The van der Waals surface area contributed by atoms with E-state index in [4.69, 9.17) is 0 Å². The third-order valence-electron chi connectivity index (χ3n) is 4.89. The molecule has 0 radical (unpaired) electrons. The van der Waals surface area contributed by atoms with E-state index < -0.39 is 11.8 Å². The highest BCUT2D eigenvalue weighted by molar-refractivity contribution is 6.43. The molecule has 3 amide bonds. The van der Waals surface area contributed by atoms with E-state index in [1.165, 1.54) is 0 Å². The maximum atomic E-state index is 12.3. The average molecular weight is 365 g/mol. The van der Waals surface area contributed by atoms with Crippen molar-refractivity contribution in [1.82, 2.24) is 0 Å². The summed E-state index contributed by atoms with van der Waals surface area (Å²) in [6.07, 6.45) is 1.36. The van der Waals surface area contributed by atoms with Crippen LogP contribution in [-0.2, 0) is 14.4 Å². The number of rotatable bonds is 3. The predicted molar refractivity (Wildman–Crippen MR) is 106 cm³/mol. The summed E-state index contributed by atoms with van der Waals surface area (Å²) in [5, 5.41) is 5.26. The van der Waals surface area contributed by atoms with Crippen LogP contribution >= 0.6 is 0 Å². The zero-order chi connectivity index (χ0) is 19.6. The van der Waals surface area contributed by atoms with Crippen LogP contribution in [0, 0.1) is 20.8 Å². The lowest BCUT2D eigenvalue weighted by Gasteiger charge is -2.19. The summed E-state index contributed by atoms with van der Waals surface area (Å²) in [5.41, 5.74) is 4.77. The molecule has 2 aromatic rings. The van der Waals surface area contributed by atoms with Gasteiger partial charge in [-0.2, -0.15) is 0 Å². The van der Waals surface area contributed by atoms with Gasteiger partial charge in [0.25, 0.3) is 0 Å². The van der Waals surface area contributed by atoms with Crippen LogP contribution in [0.4, 0.5) is 17.1 Å². The summed E-state index contributed by atoms with van der Waals surface area (Å²) in [6, 6.07) is 10.8. The van der Waals surface area contributed by atoms with Gasteiger partial charge in [0.05, 0.1) is 0 Å². The van der Waals surface area contributed by atoms with Crippen molar-refractivity contribution in [2.75, 3.05) is 22.1 Å². The smallest absolute Gasteiger partial charge is 0.314 e. The molecule has 140 valence electrons. The van der Waals surface area contributed by atoms with Gasteiger partial charge in [0.15, 0.2) is 0 Å². The highest BCUT2D eigenvalue weighted by Crippen LogP contribution is 2.28. The van der Waals surface area contributed by atoms with E-state index in [1.54, 1.807) is 23.1 Å². The molecule has 1 fully saturated rings. The van der Waals surface area contributed by atoms with Crippen LogP contribution in [0.1, 0.15) is 29.5 Å². The minimum atomic E-state index is -0.751. The Morgan fingerprint density at radius 1 is 0.963 bits per heavy atom. The molecule has 1 saturated heterocycles. The fourth-order valence-electron chi connectivity index (χ4n) is 3.13. The van der Waals surface area contributed by atoms with Crippen LogP contribution in [0.25, 0.3) is 0 Å². The van der Waals surface area contributed by atoms with E-state index in [2.05, 4.69) is 10.6 Å². The van der Waals surface area contributed by atoms with Gasteiger partial charge in [-0.15, -0.1) is 0 Å². The Morgan fingerprint density at radius 2 is 1.70 bits per heavy atom. The van der Waals surface area contributed by atoms with Crippen molar-refractivity contribution in [1.29, 1.82) is 0 Å². The van der Waals surface area contributed by atoms with Crippen molar-refractivity contribution in [2.45, 2.75) is 33.6 Å². The molecule has 1 aliphatic rings. The lowest BCUT2D eigenvalue weighted by Crippen LogP contribution is -2.29. The molecule has 0 spiro atoms. The number of nitrogens with one attached hydrogen (secondary N) is 2. The third kappa shape index (κ3) is 4.00. The number of nitrogens with zero attached hydrogens (tertiary/aromatic N) is 1. The molecule has 0 saturated carbocycles. The van der Waals surface area contributed by atoms with E-state index in [9.17, 15) is 14.4 Å². The van der Waals surface area contributed by atoms with Crippen LogP contribution in [0.5, 0.6) is 0 Å². The second-order valence-corrected chi connectivity index (χ2v) is 6.81. The summed E-state index contributed by atoms with van der Waals surface area (Å²) in [6.45, 7) is 6.42. The van der Waals surface area contributed by atoms with Crippen LogP contribution in [0.2, 0.25) is 0 Å². The summed E-state index contributed by atoms with van der Waals surface area (Å²) in [4.78, 5) is 38.3. The van der Waals surface area contributed by atoms with Crippen molar-refractivity contribution in [2.24, 2.45) is 0 Å². The number of hydrogen-bond donors (Lipinski definition) is 2. The number of hydrogen-bond acceptors (Lipinski definition) is 3. The molecule has 2 N–H and O–H groups in total. The quantitative estimate of drug-likeness (QED) is 0.819. The summed E-state index contributed by atoms with van der Waals surface area (Å²) in [7, 11) is 0. The Morgan fingerprint density at radius 3 is 2.41 bits per heavy atom. The highest BCUT2D eigenvalue weighted by Gasteiger charge is 2.23. The molecule has 3 rings (SSSR count). The van der Waals surface area contributed by atoms with E-state index in [-0.39, 0.29) is 5.91 Å². The molecule has 6 nitrogen and oxygen atoms in total. The molecule has 2 aromatic carbocycles. The average Bonchev–Trinajstić information content (AvgIpc) is 3.06. The molecular formula is C21H23N3O3. The largest absolute Gasteiger partial charge is 0.318 e. The highest BCUT2D eigenvalue weighted by atomic mass is 16.2. The monoisotopic (exact) mass is 365 g/mol. The third-order valence-corrected chi connectivity index (χ3v) is 4.89. The topological polar surface area (TPSA) is 78.5 Å². The van der Waals surface area contributed by atoms with Gasteiger partial charge < -0.3 is 15.5 Å². The molecule has 0 aliphatic carbocycles. The maximum Gasteiger partial charge on any atom is 0.314 e. The van der Waals surface area contributed by atoms with E-state index in [0.29, 0.717) is 24.3 Å². The Hall–Kier alpha value is -3.15. The van der Waals surface area contributed by atoms with Gasteiger partial charge in [-0.1, -0.05) is 18.2 Å². The Balaban J connectivity index is 1.73. The molecule has 27 heavy (non-hydrogen) atoms. The number of amides is 3. The van der Waals surface area contributed by atoms with Gasteiger partial charge in [0.2, 0.25) is 5.91 Å². The predicted octanol–water partition coefficient (Wildman–Crippen LogP) is 3.32. The SMILES string of the molecule is Cc1ccc(NC(=O)C(=O)Nc2cccc(C)c2C)cc1N1CCCC1=O. The van der Waals surface area contributed by atoms with Crippen LogP contribution in [0.3, 0.4) is 0 Å². The minimum absolute atomic E-state index is 0.0780. The van der Waals surface area contributed by atoms with Gasteiger partial charge in [-0.25, -0.2) is 0 Å². The minimum Gasteiger partial charge on any atom is -0.318 e. The van der Waals surface area contributed by atoms with Crippen molar-refractivity contribution < 1.29 is 14.4 Å². The van der Waals surface area contributed by atoms with Crippen molar-refractivity contribution in [3.63, 3.8) is 0 Å². The number of carbonyl (C=O) groups is 3. The van der Waals surface area contributed by atoms with Gasteiger partial charge in [-0.3, -0.25) is 14.4 Å². The maximum absolute atomic E-state index is 12.3. The number of carbonyl (C=O) groups excluding carboxylic acids is 3. The normalized spacial score (nSPS) is 13.6. The first kappa shape index (κ1) is 18.6. The zero-order valence-electron chi connectivity index (χ0n) is 15.8. The Labute approximate surface area is 158 Å². The number of aryl methyl sites for hydroxylation is 2. The first-order valence-corrected chi connectivity index (χ1v) is 8.96. The molecule has 0 aromatic heterocycles. The van der Waals surface area contributed by atoms with Crippen LogP contribution in [0.15, 0.2) is 36.4 Å². The van der Waals surface area contributed by atoms with Crippen LogP contribution in [-0.4, -0.2) is 24.3 Å². The lowest BCUT2D eigenvalue weighted by molar-refractivity contribution is -0.133. The Kier molecular flexibility index (Phi) is 5.26. The standard InChI is InChI=1S/C21H23N3O3/c1-13-6-4-7-17(15(13)3)23-21(27)20(26)22-16-10-9-14(2)18(12-16)24-11-5-8-19(24)25/h4,6-7,9-10,12H,5,8,11H2,1-3H3,(H,22,26)(H,23,27). The first-order valence-electron chi connectivity index (χ1n) is 8.96. The second-order valence-electron chi connectivity index (χ2n) is 6.81. The van der Waals surface area contributed by atoms with E-state index in [0.717, 1.165) is 28.8 Å². The zero-order valence-corrected chi connectivity index (χ0v) is 15.8. The molecular weight excluding hydrogens is 342 g/mol. The van der Waals surface area contributed by atoms with Gasteiger partial charge in [0, 0.05) is 30.0 Å². The number of benzene rings is 2. The lowest BCUT2D eigenvalue weighted by atomic mass is 10.1. The Bertz CT molecular complexity index is 921. The van der Waals surface area contributed by atoms with E-state index in [1.807, 2.05) is 39.0 Å². The van der Waals surface area contributed by atoms with Gasteiger partial charge >= 0.3 is 11.8 Å². The molecule has 1 heterocycles. The first-order chi connectivity index (χ1) is 12.9. The molecule has 1 aliphatic heterocycles. The van der Waals surface area contributed by atoms with Crippen molar-refractivity contribution in [3.05, 3.63) is 53.1 Å². The molecule has 0 bridgehead atoms. The molecule has 6 heteroatoms. The fourth-order valence-corrected chi connectivity index (χ4v) is 3.13. The summed E-state index contributed by atoms with van der Waals surface area (Å²) >= 11 is 0. The molecule has 0 unspecified atom stereocenters. The summed E-state index contributed by atoms with van der Waals surface area (Å²) < 4.78 is 0. The second kappa shape index (κ2) is 7.61.